The van der Waals surface area contributed by atoms with Gasteiger partial charge in [-0.3, -0.25) is 0 Å². The van der Waals surface area contributed by atoms with Crippen molar-refractivity contribution in [1.29, 1.82) is 0 Å². The number of rotatable bonds is 5. The topological polar surface area (TPSA) is 70.6 Å². The number of nitrogens with one attached hydrogen (secondary N) is 1. The highest BCUT2D eigenvalue weighted by Crippen LogP contribution is 2.24. The number of hydrogen-bond donors (Lipinski definition) is 3. The molecular formula is C17H21N3O. The number of anilines is 1. The van der Waals surface area contributed by atoms with Crippen LogP contribution in [0, 0.1) is 13.8 Å². The highest BCUT2D eigenvalue weighted by molar-refractivity contribution is 5.80. The van der Waals surface area contributed by atoms with Gasteiger partial charge in [0.2, 0.25) is 0 Å². The minimum absolute atomic E-state index is 0.0386. The summed E-state index contributed by atoms with van der Waals surface area (Å²) in [5.74, 6) is 0.209. The van der Waals surface area contributed by atoms with Crippen LogP contribution in [0.2, 0.25) is 0 Å². The molecule has 0 saturated heterocycles. The molecule has 0 radical (unpaired) electrons. The van der Waals surface area contributed by atoms with E-state index < -0.39 is 0 Å². The first-order valence-electron chi connectivity index (χ1n) is 6.94. The number of hydrogen-bond acceptors (Lipinski definition) is 3. The third kappa shape index (κ3) is 4.24. The molecule has 0 aliphatic heterocycles. The smallest absolute Gasteiger partial charge is 0.141 e. The molecule has 21 heavy (non-hydrogen) atoms. The molecule has 4 heteroatoms. The molecule has 2 aromatic carbocycles. The Morgan fingerprint density at radius 3 is 2.33 bits per heavy atom. The van der Waals surface area contributed by atoms with Crippen molar-refractivity contribution >= 4 is 11.5 Å². The van der Waals surface area contributed by atoms with Gasteiger partial charge in [-0.15, -0.1) is 0 Å². The molecule has 2 rings (SSSR count). The van der Waals surface area contributed by atoms with Gasteiger partial charge in [0, 0.05) is 12.1 Å². The minimum Gasteiger partial charge on any atom is -0.409 e. The Balaban J connectivity index is 2.27. The Labute approximate surface area is 125 Å². The van der Waals surface area contributed by atoms with Crippen LogP contribution < -0.4 is 11.1 Å². The lowest BCUT2D eigenvalue weighted by Crippen LogP contribution is -2.21. The van der Waals surface area contributed by atoms with Crippen LogP contribution >= 0.6 is 0 Å². The molecule has 0 fully saturated rings. The molecule has 4 nitrogen and oxygen atoms in total. The number of nitrogens with two attached hydrogens (primary N) is 1. The zero-order chi connectivity index (χ0) is 15.2. The SMILES string of the molecule is Cc1cc(C)cc(NC(CC(N)=NO)c2ccccc2)c1. The number of oxime groups is 1. The van der Waals surface area contributed by atoms with Gasteiger partial charge in [-0.1, -0.05) is 41.6 Å². The summed E-state index contributed by atoms with van der Waals surface area (Å²) in [6.45, 7) is 4.14. The van der Waals surface area contributed by atoms with E-state index in [-0.39, 0.29) is 11.9 Å². The molecular weight excluding hydrogens is 262 g/mol. The minimum atomic E-state index is -0.0386. The summed E-state index contributed by atoms with van der Waals surface area (Å²) in [5.41, 5.74) is 10.2. The first kappa shape index (κ1) is 14.9. The summed E-state index contributed by atoms with van der Waals surface area (Å²) in [6, 6.07) is 16.3. The van der Waals surface area contributed by atoms with E-state index in [2.05, 4.69) is 42.5 Å². The summed E-state index contributed by atoms with van der Waals surface area (Å²) in [5, 5.41) is 15.4. The maximum Gasteiger partial charge on any atom is 0.141 e. The maximum atomic E-state index is 8.82. The van der Waals surface area contributed by atoms with E-state index in [1.807, 2.05) is 30.3 Å². The summed E-state index contributed by atoms with van der Waals surface area (Å²) in [4.78, 5) is 0. The molecule has 110 valence electrons. The van der Waals surface area contributed by atoms with Crippen LogP contribution in [0.15, 0.2) is 53.7 Å². The van der Waals surface area contributed by atoms with Crippen LogP contribution in [0.4, 0.5) is 5.69 Å². The van der Waals surface area contributed by atoms with Crippen LogP contribution in [-0.4, -0.2) is 11.0 Å². The van der Waals surface area contributed by atoms with E-state index in [9.17, 15) is 0 Å². The molecule has 0 bridgehead atoms. The van der Waals surface area contributed by atoms with Crippen LogP contribution in [0.25, 0.3) is 0 Å². The number of benzene rings is 2. The second-order valence-corrected chi connectivity index (χ2v) is 5.28. The molecule has 1 unspecified atom stereocenters. The van der Waals surface area contributed by atoms with E-state index in [1.165, 1.54) is 11.1 Å². The molecule has 0 spiro atoms. The van der Waals surface area contributed by atoms with Crippen molar-refractivity contribution in [3.63, 3.8) is 0 Å². The summed E-state index contributed by atoms with van der Waals surface area (Å²) in [6.07, 6.45) is 0.438. The number of nitrogens with zero attached hydrogens (tertiary/aromatic N) is 1. The Morgan fingerprint density at radius 2 is 1.76 bits per heavy atom. The molecule has 2 aromatic rings. The molecule has 0 aliphatic carbocycles. The van der Waals surface area contributed by atoms with E-state index in [4.69, 9.17) is 10.9 Å². The van der Waals surface area contributed by atoms with Crippen molar-refractivity contribution in [1.82, 2.24) is 0 Å². The third-order valence-corrected chi connectivity index (χ3v) is 3.31. The molecule has 0 heterocycles. The fraction of sp³-hybridized carbons (Fsp3) is 0.235. The van der Waals surface area contributed by atoms with Crippen molar-refractivity contribution < 1.29 is 5.21 Å². The lowest BCUT2D eigenvalue weighted by molar-refractivity contribution is 0.316. The Hall–Kier alpha value is -2.49. The van der Waals surface area contributed by atoms with Crippen molar-refractivity contribution in [3.8, 4) is 0 Å². The normalized spacial score (nSPS) is 13.0. The van der Waals surface area contributed by atoms with Crippen LogP contribution in [-0.2, 0) is 0 Å². The quantitative estimate of drug-likeness (QED) is 0.340. The van der Waals surface area contributed by atoms with Crippen molar-refractivity contribution in [2.24, 2.45) is 10.9 Å². The Bertz CT molecular complexity index is 603. The largest absolute Gasteiger partial charge is 0.409 e. The van der Waals surface area contributed by atoms with Gasteiger partial charge in [-0.05, 0) is 42.7 Å². The van der Waals surface area contributed by atoms with Crippen molar-refractivity contribution in [2.45, 2.75) is 26.3 Å². The maximum absolute atomic E-state index is 8.82. The van der Waals surface area contributed by atoms with E-state index >= 15 is 0 Å². The summed E-state index contributed by atoms with van der Waals surface area (Å²) < 4.78 is 0. The van der Waals surface area contributed by atoms with Crippen molar-refractivity contribution in [2.75, 3.05) is 5.32 Å². The van der Waals surface area contributed by atoms with Gasteiger partial charge in [0.1, 0.15) is 5.84 Å². The van der Waals surface area contributed by atoms with Gasteiger partial charge in [-0.2, -0.15) is 0 Å². The summed E-state index contributed by atoms with van der Waals surface area (Å²) in [7, 11) is 0. The Morgan fingerprint density at radius 1 is 1.14 bits per heavy atom. The average molecular weight is 283 g/mol. The fourth-order valence-electron chi connectivity index (χ4n) is 2.45. The monoisotopic (exact) mass is 283 g/mol. The zero-order valence-corrected chi connectivity index (χ0v) is 12.4. The first-order chi connectivity index (χ1) is 10.1. The molecule has 4 N–H and O–H groups in total. The summed E-state index contributed by atoms with van der Waals surface area (Å²) >= 11 is 0. The van der Waals surface area contributed by atoms with E-state index in [1.54, 1.807) is 0 Å². The van der Waals surface area contributed by atoms with Gasteiger partial charge in [0.25, 0.3) is 0 Å². The predicted molar refractivity (Wildman–Crippen MR) is 86.7 cm³/mol. The highest BCUT2D eigenvalue weighted by atomic mass is 16.4. The molecule has 0 aromatic heterocycles. The Kier molecular flexibility index (Phi) is 4.82. The molecule has 0 saturated carbocycles. The first-order valence-corrected chi connectivity index (χ1v) is 6.94. The number of aryl methyl sites for hydroxylation is 2. The van der Waals surface area contributed by atoms with Gasteiger partial charge >= 0.3 is 0 Å². The van der Waals surface area contributed by atoms with Crippen LogP contribution in [0.5, 0.6) is 0 Å². The second kappa shape index (κ2) is 6.79. The second-order valence-electron chi connectivity index (χ2n) is 5.28. The third-order valence-electron chi connectivity index (χ3n) is 3.31. The van der Waals surface area contributed by atoms with E-state index in [0.29, 0.717) is 6.42 Å². The predicted octanol–water partition coefficient (Wildman–Crippen LogP) is 3.59. The van der Waals surface area contributed by atoms with Crippen molar-refractivity contribution in [3.05, 3.63) is 65.2 Å². The lowest BCUT2D eigenvalue weighted by atomic mass is 10.0. The lowest BCUT2D eigenvalue weighted by Gasteiger charge is -2.20. The van der Waals surface area contributed by atoms with Crippen LogP contribution in [0.1, 0.15) is 29.2 Å². The molecule has 1 atom stereocenters. The standard InChI is InChI=1S/C17H21N3O/c1-12-8-13(2)10-15(9-12)19-16(11-17(18)20-21)14-6-4-3-5-7-14/h3-10,16,19,21H,11H2,1-2H3,(H2,18,20). The molecule has 0 amide bonds. The molecule has 0 aliphatic rings. The van der Waals surface area contributed by atoms with E-state index in [0.717, 1.165) is 11.3 Å². The average Bonchev–Trinajstić information content (AvgIpc) is 2.46. The van der Waals surface area contributed by atoms with Gasteiger partial charge < -0.3 is 16.3 Å². The zero-order valence-electron chi connectivity index (χ0n) is 12.4. The number of amidine groups is 1. The highest BCUT2D eigenvalue weighted by Gasteiger charge is 2.13. The van der Waals surface area contributed by atoms with Gasteiger partial charge in [-0.25, -0.2) is 0 Å². The fourth-order valence-corrected chi connectivity index (χ4v) is 2.45. The van der Waals surface area contributed by atoms with Gasteiger partial charge in [0.15, 0.2) is 0 Å². The van der Waals surface area contributed by atoms with Gasteiger partial charge in [0.05, 0.1) is 6.04 Å². The van der Waals surface area contributed by atoms with Crippen LogP contribution in [0.3, 0.4) is 0 Å².